The first-order chi connectivity index (χ1) is 16.5. The fourth-order valence-corrected chi connectivity index (χ4v) is 4.67. The molecule has 34 heavy (non-hydrogen) atoms. The number of hydrogen-bond donors (Lipinski definition) is 2. The number of anilines is 1. The van der Waals surface area contributed by atoms with Gasteiger partial charge in [-0.1, -0.05) is 48.0 Å². The van der Waals surface area contributed by atoms with Gasteiger partial charge >= 0.3 is 0 Å². The Labute approximate surface area is 200 Å². The minimum Gasteiger partial charge on any atom is -0.396 e. The molecule has 1 unspecified atom stereocenters. The Morgan fingerprint density at radius 2 is 2.00 bits per heavy atom. The molecule has 1 aliphatic rings. The minimum absolute atomic E-state index is 0.0878. The zero-order valence-corrected chi connectivity index (χ0v) is 19.3. The second kappa shape index (κ2) is 9.16. The number of hydrogen-bond acceptors (Lipinski definition) is 4. The van der Waals surface area contributed by atoms with E-state index < -0.39 is 11.6 Å². The maximum Gasteiger partial charge on any atom is 0.226 e. The van der Waals surface area contributed by atoms with E-state index in [9.17, 15) is 8.78 Å². The molecule has 0 spiro atoms. The molecular weight excluding hydrogens is 458 g/mol. The van der Waals surface area contributed by atoms with Crippen LogP contribution in [0.2, 0.25) is 5.02 Å². The Bertz CT molecular complexity index is 1380. The first-order valence-corrected chi connectivity index (χ1v) is 11.5. The van der Waals surface area contributed by atoms with Crippen LogP contribution in [0.25, 0.3) is 17.0 Å². The molecule has 0 fully saturated rings. The lowest BCUT2D eigenvalue weighted by atomic mass is 9.92. The van der Waals surface area contributed by atoms with E-state index in [0.29, 0.717) is 30.9 Å². The maximum absolute atomic E-state index is 14.2. The van der Waals surface area contributed by atoms with Crippen LogP contribution in [-0.4, -0.2) is 33.2 Å². The summed E-state index contributed by atoms with van der Waals surface area (Å²) < 4.78 is 28.1. The predicted molar refractivity (Wildman–Crippen MR) is 130 cm³/mol. The minimum atomic E-state index is -0.474. The van der Waals surface area contributed by atoms with Crippen LogP contribution in [-0.2, 0) is 6.42 Å². The van der Waals surface area contributed by atoms with Gasteiger partial charge < -0.3 is 15.0 Å². The molecule has 1 aliphatic heterocycles. The molecule has 2 aromatic heterocycles. The average molecular weight is 481 g/mol. The van der Waals surface area contributed by atoms with Gasteiger partial charge in [-0.05, 0) is 48.6 Å². The van der Waals surface area contributed by atoms with Crippen molar-refractivity contribution < 1.29 is 13.9 Å². The Kier molecular flexibility index (Phi) is 6.06. The monoisotopic (exact) mass is 480 g/mol. The molecule has 0 radical (unpaired) electrons. The van der Waals surface area contributed by atoms with E-state index in [0.717, 1.165) is 27.8 Å². The van der Waals surface area contributed by atoms with Crippen LogP contribution in [0.3, 0.4) is 0 Å². The quantitative estimate of drug-likeness (QED) is 0.382. The van der Waals surface area contributed by atoms with Crippen molar-refractivity contribution in [1.82, 2.24) is 15.0 Å². The molecule has 174 valence electrons. The Hall–Kier alpha value is -3.29. The van der Waals surface area contributed by atoms with E-state index in [-0.39, 0.29) is 23.4 Å². The van der Waals surface area contributed by atoms with E-state index >= 15 is 0 Å². The number of nitrogens with zero attached hydrogens (tertiary/aromatic N) is 3. The number of aromatic amines is 1. The summed E-state index contributed by atoms with van der Waals surface area (Å²) in [5.74, 6) is -0.491. The largest absolute Gasteiger partial charge is 0.396 e. The molecule has 8 heteroatoms. The van der Waals surface area contributed by atoms with Gasteiger partial charge in [0.1, 0.15) is 5.82 Å². The van der Waals surface area contributed by atoms with Crippen molar-refractivity contribution in [3.05, 3.63) is 93.4 Å². The summed E-state index contributed by atoms with van der Waals surface area (Å²) in [5, 5.41) is 9.97. The third-order valence-corrected chi connectivity index (χ3v) is 6.48. The number of nitrogens with one attached hydrogen (secondary N) is 1. The van der Waals surface area contributed by atoms with Crippen LogP contribution in [0.15, 0.2) is 48.7 Å². The van der Waals surface area contributed by atoms with Crippen molar-refractivity contribution in [1.29, 1.82) is 0 Å². The highest BCUT2D eigenvalue weighted by atomic mass is 35.5. The molecule has 0 saturated heterocycles. The van der Waals surface area contributed by atoms with Gasteiger partial charge in [-0.2, -0.15) is 0 Å². The molecule has 5 nitrogen and oxygen atoms in total. The number of aliphatic hydroxyl groups is 1. The second-order valence-electron chi connectivity index (χ2n) is 8.36. The first kappa shape index (κ1) is 22.5. The Morgan fingerprint density at radius 3 is 2.74 bits per heavy atom. The van der Waals surface area contributed by atoms with Crippen molar-refractivity contribution in [2.45, 2.75) is 25.8 Å². The summed E-state index contributed by atoms with van der Waals surface area (Å²) in [4.78, 5) is 14.1. The van der Waals surface area contributed by atoms with Crippen molar-refractivity contribution in [2.75, 3.05) is 18.1 Å². The highest BCUT2D eigenvalue weighted by Gasteiger charge is 2.33. The number of aliphatic hydroxyl groups excluding tert-OH is 1. The van der Waals surface area contributed by atoms with Gasteiger partial charge in [0.25, 0.3) is 0 Å². The lowest BCUT2D eigenvalue weighted by molar-refractivity contribution is 0.303. The van der Waals surface area contributed by atoms with Crippen LogP contribution in [0.1, 0.15) is 40.5 Å². The van der Waals surface area contributed by atoms with Crippen molar-refractivity contribution in [3.8, 4) is 0 Å². The lowest BCUT2D eigenvalue weighted by Gasteiger charge is -2.36. The van der Waals surface area contributed by atoms with Gasteiger partial charge in [0, 0.05) is 29.7 Å². The van der Waals surface area contributed by atoms with E-state index in [1.54, 1.807) is 13.0 Å². The molecule has 2 N–H and O–H groups in total. The molecule has 1 atom stereocenters. The maximum atomic E-state index is 14.2. The first-order valence-electron chi connectivity index (χ1n) is 11.1. The topological polar surface area (TPSA) is 65.0 Å². The molecule has 0 saturated carbocycles. The fraction of sp³-hybridized carbons (Fsp3) is 0.231. The Morgan fingerprint density at radius 1 is 1.21 bits per heavy atom. The molecular formula is C26H23ClF2N4O. The van der Waals surface area contributed by atoms with Crippen LogP contribution in [0.5, 0.6) is 0 Å². The molecule has 5 rings (SSSR count). The summed E-state index contributed by atoms with van der Waals surface area (Å²) in [6.45, 7) is 2.32. The smallest absolute Gasteiger partial charge is 0.226 e. The van der Waals surface area contributed by atoms with Gasteiger partial charge in [0.05, 0.1) is 23.0 Å². The molecule has 0 bridgehead atoms. The van der Waals surface area contributed by atoms with Crippen molar-refractivity contribution in [2.24, 2.45) is 0 Å². The van der Waals surface area contributed by atoms with E-state index in [4.69, 9.17) is 16.7 Å². The second-order valence-corrected chi connectivity index (χ2v) is 8.77. The van der Waals surface area contributed by atoms with Gasteiger partial charge in [-0.15, -0.1) is 0 Å². The zero-order valence-electron chi connectivity index (χ0n) is 18.5. The third-order valence-electron chi connectivity index (χ3n) is 6.19. The molecule has 2 aromatic carbocycles. The third kappa shape index (κ3) is 4.06. The van der Waals surface area contributed by atoms with E-state index in [1.807, 2.05) is 41.3 Å². The molecule has 3 heterocycles. The Balaban J connectivity index is 1.63. The predicted octanol–water partition coefficient (Wildman–Crippen LogP) is 5.75. The number of fused-ring (bicyclic) bond motifs is 3. The van der Waals surface area contributed by atoms with Crippen molar-refractivity contribution in [3.63, 3.8) is 0 Å². The lowest BCUT2D eigenvalue weighted by Crippen LogP contribution is -2.37. The van der Waals surface area contributed by atoms with Gasteiger partial charge in [0.2, 0.25) is 5.95 Å². The summed E-state index contributed by atoms with van der Waals surface area (Å²) >= 11 is 6.09. The van der Waals surface area contributed by atoms with Crippen LogP contribution >= 0.6 is 11.6 Å². The van der Waals surface area contributed by atoms with Gasteiger partial charge in [-0.25, -0.2) is 18.7 Å². The van der Waals surface area contributed by atoms with Crippen LogP contribution in [0, 0.1) is 18.6 Å². The summed E-state index contributed by atoms with van der Waals surface area (Å²) in [5.41, 5.74) is 4.95. The summed E-state index contributed by atoms with van der Waals surface area (Å²) in [6, 6.07) is 10.9. The normalized spacial score (nSPS) is 15.9. The molecule has 4 aromatic rings. The molecule has 0 amide bonds. The molecule has 0 aliphatic carbocycles. The van der Waals surface area contributed by atoms with E-state index in [1.165, 1.54) is 12.3 Å². The number of aromatic nitrogens is 3. The van der Waals surface area contributed by atoms with Crippen LogP contribution in [0.4, 0.5) is 14.7 Å². The SMILES string of the molecule is Cc1nc(N2CCc3c([nH]c4cc(F)c(Cl)cc34)C2c2ccc(/C=C/CCO)cc2)ncc1F. The number of halogens is 3. The number of H-pyrrole nitrogens is 1. The average Bonchev–Trinajstić information content (AvgIpc) is 3.18. The van der Waals surface area contributed by atoms with E-state index in [2.05, 4.69) is 15.0 Å². The van der Waals surface area contributed by atoms with Gasteiger partial charge in [-0.3, -0.25) is 0 Å². The zero-order chi connectivity index (χ0) is 23.8. The van der Waals surface area contributed by atoms with Crippen molar-refractivity contribution >= 4 is 34.5 Å². The van der Waals surface area contributed by atoms with Crippen LogP contribution < -0.4 is 4.90 Å². The fourth-order valence-electron chi connectivity index (χ4n) is 4.51. The number of benzene rings is 2. The highest BCUT2D eigenvalue weighted by molar-refractivity contribution is 6.31. The summed E-state index contributed by atoms with van der Waals surface area (Å²) in [7, 11) is 0. The standard InChI is InChI=1S/C26H23ClF2N4O/c1-15-22(29)14-30-26(31-15)33-10-9-18-19-12-20(27)21(28)13-23(19)32-24(18)25(33)17-7-5-16(6-8-17)4-2-3-11-34/h2,4-8,12-14,25,32,34H,3,9-11H2,1H3/b4-2+. The van der Waals surface area contributed by atoms with Gasteiger partial charge in [0.15, 0.2) is 5.82 Å². The summed E-state index contributed by atoms with van der Waals surface area (Å²) in [6.07, 6.45) is 6.35. The number of aryl methyl sites for hydroxylation is 1. The number of rotatable bonds is 5. The highest BCUT2D eigenvalue weighted by Crippen LogP contribution is 2.41.